The summed E-state index contributed by atoms with van der Waals surface area (Å²) in [5.74, 6) is 0.800. The van der Waals surface area contributed by atoms with Crippen molar-refractivity contribution in [2.24, 2.45) is 11.8 Å². The van der Waals surface area contributed by atoms with E-state index in [4.69, 9.17) is 5.11 Å². The Bertz CT molecular complexity index is 616. The van der Waals surface area contributed by atoms with Gasteiger partial charge in [0.1, 0.15) is 0 Å². The summed E-state index contributed by atoms with van der Waals surface area (Å²) in [5.41, 5.74) is 2.52. The molecule has 136 valence electrons. The van der Waals surface area contributed by atoms with Gasteiger partial charge in [0.05, 0.1) is 0 Å². The van der Waals surface area contributed by atoms with Crippen molar-refractivity contribution in [1.82, 2.24) is 0 Å². The molecule has 0 aliphatic heterocycles. The number of hydrogen-bond acceptors (Lipinski definition) is 3. The summed E-state index contributed by atoms with van der Waals surface area (Å²) in [4.78, 5) is 23.9. The Balaban J connectivity index is 1.76. The molecule has 2 rings (SSSR count). The van der Waals surface area contributed by atoms with Gasteiger partial charge in [-0.1, -0.05) is 31.4 Å². The van der Waals surface area contributed by atoms with E-state index in [2.05, 4.69) is 38.1 Å². The smallest absolute Gasteiger partial charge is 0.303 e. The first kappa shape index (κ1) is 19.8. The van der Waals surface area contributed by atoms with Crippen LogP contribution in [-0.2, 0) is 9.59 Å². The van der Waals surface area contributed by atoms with E-state index in [0.717, 1.165) is 37.9 Å². The van der Waals surface area contributed by atoms with Gasteiger partial charge in [0.2, 0.25) is 0 Å². The minimum Gasteiger partial charge on any atom is -0.481 e. The van der Waals surface area contributed by atoms with E-state index in [-0.39, 0.29) is 18.1 Å². The van der Waals surface area contributed by atoms with E-state index in [1.165, 1.54) is 16.0 Å². The second-order valence-electron chi connectivity index (χ2n) is 7.01. The van der Waals surface area contributed by atoms with Crippen LogP contribution in [0.2, 0.25) is 0 Å². The van der Waals surface area contributed by atoms with Gasteiger partial charge < -0.3 is 5.11 Å². The third-order valence-corrected chi connectivity index (χ3v) is 5.79. The fourth-order valence-electron chi connectivity index (χ4n) is 3.40. The van der Waals surface area contributed by atoms with E-state index in [9.17, 15) is 9.59 Å². The molecular formula is C21H28O3S. The SMILES string of the molecule is Cc1cc(C)cc(SC[C@H]2C(=O)C=C[C@@H]2CCCCCCC(=O)O)c1. The summed E-state index contributed by atoms with van der Waals surface area (Å²) in [6.07, 6.45) is 8.92. The van der Waals surface area contributed by atoms with Crippen molar-refractivity contribution in [3.8, 4) is 0 Å². The lowest BCUT2D eigenvalue weighted by atomic mass is 9.91. The zero-order valence-corrected chi connectivity index (χ0v) is 16.0. The molecule has 2 atom stereocenters. The van der Waals surface area contributed by atoms with Crippen LogP contribution < -0.4 is 0 Å². The minimum absolute atomic E-state index is 0.0878. The second kappa shape index (κ2) is 9.81. The molecule has 0 aromatic heterocycles. The Morgan fingerprint density at radius 3 is 2.44 bits per heavy atom. The number of aliphatic carboxylic acids is 1. The molecule has 1 N–H and O–H groups in total. The quantitative estimate of drug-likeness (QED) is 0.461. The Morgan fingerprint density at radius 1 is 1.08 bits per heavy atom. The Morgan fingerprint density at radius 2 is 1.76 bits per heavy atom. The number of thioether (sulfide) groups is 1. The van der Waals surface area contributed by atoms with Crippen molar-refractivity contribution in [1.29, 1.82) is 0 Å². The lowest BCUT2D eigenvalue weighted by Gasteiger charge is -2.18. The largest absolute Gasteiger partial charge is 0.481 e. The monoisotopic (exact) mass is 360 g/mol. The zero-order chi connectivity index (χ0) is 18.2. The number of ketones is 1. The molecule has 1 aromatic rings. The van der Waals surface area contributed by atoms with Gasteiger partial charge in [0.15, 0.2) is 5.78 Å². The number of carboxylic acid groups (broad SMARTS) is 1. The molecule has 0 spiro atoms. The Labute approximate surface area is 154 Å². The van der Waals surface area contributed by atoms with Crippen LogP contribution in [0.3, 0.4) is 0 Å². The predicted octanol–water partition coefficient (Wildman–Crippen LogP) is 5.19. The number of hydrogen-bond donors (Lipinski definition) is 1. The topological polar surface area (TPSA) is 54.4 Å². The Hall–Kier alpha value is -1.55. The van der Waals surface area contributed by atoms with Crippen LogP contribution in [0.5, 0.6) is 0 Å². The molecule has 0 fully saturated rings. The number of allylic oxidation sites excluding steroid dienone is 2. The standard InChI is InChI=1S/C21H28O3S/c1-15-11-16(2)13-18(12-15)25-14-19-17(9-10-20(19)22)7-5-3-4-6-8-21(23)24/h9-13,17,19H,3-8,14H2,1-2H3,(H,23,24)/t17-,19+/m0/s1. The van der Waals surface area contributed by atoms with Gasteiger partial charge >= 0.3 is 5.97 Å². The van der Waals surface area contributed by atoms with Crippen molar-refractivity contribution in [2.75, 3.05) is 5.75 Å². The summed E-state index contributed by atoms with van der Waals surface area (Å²) in [6, 6.07) is 6.53. The van der Waals surface area contributed by atoms with Crippen molar-refractivity contribution < 1.29 is 14.7 Å². The fourth-order valence-corrected chi connectivity index (χ4v) is 4.72. The maximum Gasteiger partial charge on any atom is 0.303 e. The van der Waals surface area contributed by atoms with Crippen molar-refractivity contribution in [3.05, 3.63) is 41.5 Å². The van der Waals surface area contributed by atoms with Crippen molar-refractivity contribution in [3.63, 3.8) is 0 Å². The molecule has 1 aliphatic carbocycles. The van der Waals surface area contributed by atoms with Gasteiger partial charge in [0.25, 0.3) is 0 Å². The normalized spacial score (nSPS) is 19.5. The molecule has 0 saturated heterocycles. The molecular weight excluding hydrogens is 332 g/mol. The predicted molar refractivity (Wildman–Crippen MR) is 103 cm³/mol. The zero-order valence-electron chi connectivity index (χ0n) is 15.2. The van der Waals surface area contributed by atoms with Crippen LogP contribution >= 0.6 is 11.8 Å². The Kier molecular flexibility index (Phi) is 7.76. The maximum atomic E-state index is 12.2. The number of benzene rings is 1. The third kappa shape index (κ3) is 6.69. The lowest BCUT2D eigenvalue weighted by molar-refractivity contribution is -0.137. The van der Waals surface area contributed by atoms with Crippen LogP contribution in [0.4, 0.5) is 0 Å². The van der Waals surface area contributed by atoms with Crippen molar-refractivity contribution >= 4 is 23.5 Å². The lowest BCUT2D eigenvalue weighted by Crippen LogP contribution is -2.18. The van der Waals surface area contributed by atoms with Gasteiger partial charge in [-0.2, -0.15) is 0 Å². The second-order valence-corrected chi connectivity index (χ2v) is 8.11. The van der Waals surface area contributed by atoms with Crippen molar-refractivity contribution in [2.45, 2.75) is 57.3 Å². The van der Waals surface area contributed by atoms with Crippen LogP contribution in [0, 0.1) is 25.7 Å². The first-order chi connectivity index (χ1) is 12.0. The van der Waals surface area contributed by atoms with Crippen LogP contribution in [0.25, 0.3) is 0 Å². The number of rotatable bonds is 10. The number of carbonyl (C=O) groups excluding carboxylic acids is 1. The number of carboxylic acids is 1. The van der Waals surface area contributed by atoms with Crippen LogP contribution in [0.1, 0.15) is 49.7 Å². The van der Waals surface area contributed by atoms with E-state index in [1.54, 1.807) is 17.8 Å². The van der Waals surface area contributed by atoms with E-state index >= 15 is 0 Å². The molecule has 0 unspecified atom stereocenters. The van der Waals surface area contributed by atoms with Crippen LogP contribution in [0.15, 0.2) is 35.2 Å². The van der Waals surface area contributed by atoms with Gasteiger partial charge in [0, 0.05) is 23.0 Å². The first-order valence-electron chi connectivity index (χ1n) is 9.10. The molecule has 0 bridgehead atoms. The highest BCUT2D eigenvalue weighted by atomic mass is 32.2. The first-order valence-corrected chi connectivity index (χ1v) is 10.1. The minimum atomic E-state index is -0.715. The fraction of sp³-hybridized carbons (Fsp3) is 0.524. The van der Waals surface area contributed by atoms with Gasteiger partial charge in [-0.05, 0) is 61.9 Å². The summed E-state index contributed by atoms with van der Waals surface area (Å²) >= 11 is 1.78. The molecule has 0 saturated carbocycles. The van der Waals surface area contributed by atoms with E-state index in [1.807, 2.05) is 0 Å². The summed E-state index contributed by atoms with van der Waals surface area (Å²) in [7, 11) is 0. The summed E-state index contributed by atoms with van der Waals surface area (Å²) in [5, 5.41) is 8.64. The van der Waals surface area contributed by atoms with Gasteiger partial charge in [-0.25, -0.2) is 0 Å². The van der Waals surface area contributed by atoms with Crippen LogP contribution in [-0.4, -0.2) is 22.6 Å². The molecule has 0 amide bonds. The molecule has 1 aromatic carbocycles. The summed E-state index contributed by atoms with van der Waals surface area (Å²) in [6.45, 7) is 4.21. The van der Waals surface area contributed by atoms with Gasteiger partial charge in [-0.15, -0.1) is 11.8 Å². The number of aryl methyl sites for hydroxylation is 2. The number of carbonyl (C=O) groups is 2. The highest BCUT2D eigenvalue weighted by molar-refractivity contribution is 7.99. The molecule has 3 nitrogen and oxygen atoms in total. The summed E-state index contributed by atoms with van der Waals surface area (Å²) < 4.78 is 0. The highest BCUT2D eigenvalue weighted by Crippen LogP contribution is 2.33. The molecule has 25 heavy (non-hydrogen) atoms. The highest BCUT2D eigenvalue weighted by Gasteiger charge is 2.29. The third-order valence-electron chi connectivity index (χ3n) is 4.69. The molecule has 1 aliphatic rings. The average molecular weight is 361 g/mol. The van der Waals surface area contributed by atoms with E-state index in [0.29, 0.717) is 5.92 Å². The van der Waals surface area contributed by atoms with E-state index < -0.39 is 5.97 Å². The molecule has 0 radical (unpaired) electrons. The molecule has 0 heterocycles. The van der Waals surface area contributed by atoms with Gasteiger partial charge in [-0.3, -0.25) is 9.59 Å². The maximum absolute atomic E-state index is 12.2. The number of unbranched alkanes of at least 4 members (excludes halogenated alkanes) is 3. The molecule has 4 heteroatoms. The average Bonchev–Trinajstić information content (AvgIpc) is 2.87.